The quantitative estimate of drug-likeness (QED) is 0.671. The summed E-state index contributed by atoms with van der Waals surface area (Å²) in [5.74, 6) is 0.223. The molecule has 1 fully saturated rings. The molecule has 0 saturated carbocycles. The van der Waals surface area contributed by atoms with Gasteiger partial charge in [0, 0.05) is 6.42 Å². The Morgan fingerprint density at radius 3 is 2.95 bits per heavy atom. The number of alkyl halides is 1. The van der Waals surface area contributed by atoms with E-state index in [0.717, 1.165) is 0 Å². The van der Waals surface area contributed by atoms with Crippen molar-refractivity contribution in [3.05, 3.63) is 18.2 Å². The summed E-state index contributed by atoms with van der Waals surface area (Å²) in [6.07, 6.45) is -0.947. The average Bonchev–Trinajstić information content (AvgIpc) is 2.97. The maximum absolute atomic E-state index is 14.2. The number of nitrogens with two attached hydrogens (primary N) is 1. The standard InChI is InChI=1S/C12H16FN5O3/c1-12(4-19)9(20)8(13)7(21-12)2-6-3-15-11-10(14)16-5-17-18(6)11/h3,5,7-9,19-20H,2,4H2,1H3,(H2,14,16,17)/t7-,8-,9-,12+/m0/s1. The van der Waals surface area contributed by atoms with Crippen LogP contribution in [0.3, 0.4) is 0 Å². The molecule has 1 aliphatic heterocycles. The van der Waals surface area contributed by atoms with Crippen LogP contribution in [0.25, 0.3) is 5.65 Å². The summed E-state index contributed by atoms with van der Waals surface area (Å²) in [7, 11) is 0. The summed E-state index contributed by atoms with van der Waals surface area (Å²) >= 11 is 0. The topological polar surface area (TPSA) is 119 Å². The van der Waals surface area contributed by atoms with E-state index in [4.69, 9.17) is 10.5 Å². The average molecular weight is 297 g/mol. The van der Waals surface area contributed by atoms with Crippen molar-refractivity contribution in [1.29, 1.82) is 0 Å². The van der Waals surface area contributed by atoms with E-state index in [1.807, 2.05) is 0 Å². The predicted molar refractivity (Wildman–Crippen MR) is 70.2 cm³/mol. The van der Waals surface area contributed by atoms with Crippen molar-refractivity contribution in [2.45, 2.75) is 37.3 Å². The Balaban J connectivity index is 1.88. The van der Waals surface area contributed by atoms with Crippen LogP contribution in [0.2, 0.25) is 0 Å². The van der Waals surface area contributed by atoms with Gasteiger partial charge in [-0.15, -0.1) is 0 Å². The predicted octanol–water partition coefficient (Wildman–Crippen LogP) is -0.902. The Morgan fingerprint density at radius 2 is 2.29 bits per heavy atom. The van der Waals surface area contributed by atoms with E-state index < -0.39 is 30.6 Å². The third-order valence-corrected chi connectivity index (χ3v) is 3.83. The molecular formula is C12H16FN5O3. The van der Waals surface area contributed by atoms with Gasteiger partial charge in [-0.3, -0.25) is 0 Å². The zero-order valence-electron chi connectivity index (χ0n) is 11.3. The molecule has 114 valence electrons. The highest BCUT2D eigenvalue weighted by Gasteiger charge is 2.52. The number of ether oxygens (including phenoxy) is 1. The second-order valence-corrected chi connectivity index (χ2v) is 5.35. The van der Waals surface area contributed by atoms with Crippen LogP contribution in [0, 0.1) is 0 Å². The molecule has 0 aliphatic carbocycles. The lowest BCUT2D eigenvalue weighted by atomic mass is 9.97. The zero-order chi connectivity index (χ0) is 15.2. The van der Waals surface area contributed by atoms with Crippen LogP contribution in [-0.2, 0) is 11.2 Å². The number of fused-ring (bicyclic) bond motifs is 1. The van der Waals surface area contributed by atoms with Crippen molar-refractivity contribution >= 4 is 11.5 Å². The highest BCUT2D eigenvalue weighted by Crippen LogP contribution is 2.34. The third-order valence-electron chi connectivity index (χ3n) is 3.83. The van der Waals surface area contributed by atoms with Crippen molar-refractivity contribution in [3.8, 4) is 0 Å². The Hall–Kier alpha value is -1.84. The molecule has 4 atom stereocenters. The molecule has 0 amide bonds. The Morgan fingerprint density at radius 1 is 1.52 bits per heavy atom. The molecule has 1 saturated heterocycles. The van der Waals surface area contributed by atoms with Gasteiger partial charge in [0.1, 0.15) is 18.0 Å². The summed E-state index contributed by atoms with van der Waals surface area (Å²) in [4.78, 5) is 7.90. The monoisotopic (exact) mass is 297 g/mol. The first-order chi connectivity index (χ1) is 9.96. The molecule has 1 aliphatic rings. The molecule has 3 rings (SSSR count). The molecule has 3 heterocycles. The highest BCUT2D eigenvalue weighted by molar-refractivity contribution is 5.58. The molecule has 0 radical (unpaired) electrons. The van der Waals surface area contributed by atoms with Gasteiger partial charge in [-0.2, -0.15) is 5.10 Å². The van der Waals surface area contributed by atoms with Gasteiger partial charge in [0.2, 0.25) is 0 Å². The van der Waals surface area contributed by atoms with E-state index in [0.29, 0.717) is 11.3 Å². The molecular weight excluding hydrogens is 281 g/mol. The number of hydrogen-bond donors (Lipinski definition) is 3. The van der Waals surface area contributed by atoms with Gasteiger partial charge in [0.15, 0.2) is 17.6 Å². The molecule has 0 unspecified atom stereocenters. The van der Waals surface area contributed by atoms with Gasteiger partial charge >= 0.3 is 0 Å². The summed E-state index contributed by atoms with van der Waals surface area (Å²) in [6.45, 7) is 1.01. The summed E-state index contributed by atoms with van der Waals surface area (Å²) in [5.41, 5.74) is 5.34. The minimum Gasteiger partial charge on any atom is -0.393 e. The molecule has 8 nitrogen and oxygen atoms in total. The van der Waals surface area contributed by atoms with Gasteiger partial charge in [-0.05, 0) is 6.92 Å². The van der Waals surface area contributed by atoms with Crippen LogP contribution >= 0.6 is 0 Å². The van der Waals surface area contributed by atoms with Crippen molar-refractivity contribution in [3.63, 3.8) is 0 Å². The third kappa shape index (κ3) is 2.13. The smallest absolute Gasteiger partial charge is 0.196 e. The number of nitrogens with zero attached hydrogens (tertiary/aromatic N) is 4. The van der Waals surface area contributed by atoms with Crippen molar-refractivity contribution in [2.75, 3.05) is 12.3 Å². The number of anilines is 1. The highest BCUT2D eigenvalue weighted by atomic mass is 19.1. The van der Waals surface area contributed by atoms with E-state index in [2.05, 4.69) is 15.1 Å². The molecule has 0 bridgehead atoms. The first-order valence-corrected chi connectivity index (χ1v) is 6.50. The number of aliphatic hydroxyl groups is 2. The van der Waals surface area contributed by atoms with Crippen molar-refractivity contribution in [1.82, 2.24) is 19.6 Å². The molecule has 0 spiro atoms. The normalized spacial score (nSPS) is 32.9. The maximum atomic E-state index is 14.2. The first kappa shape index (κ1) is 14.1. The van der Waals surface area contributed by atoms with Crippen molar-refractivity contribution < 1.29 is 19.3 Å². The van der Waals surface area contributed by atoms with Crippen LogP contribution < -0.4 is 5.73 Å². The largest absolute Gasteiger partial charge is 0.393 e. The number of aliphatic hydroxyl groups excluding tert-OH is 2. The van der Waals surface area contributed by atoms with Crippen molar-refractivity contribution in [2.24, 2.45) is 0 Å². The zero-order valence-corrected chi connectivity index (χ0v) is 11.3. The van der Waals surface area contributed by atoms with Gasteiger partial charge < -0.3 is 20.7 Å². The number of imidazole rings is 1. The number of rotatable bonds is 3. The Kier molecular flexibility index (Phi) is 3.27. The number of nitrogen functional groups attached to an aromatic ring is 1. The molecule has 9 heteroatoms. The number of hydrogen-bond acceptors (Lipinski definition) is 7. The maximum Gasteiger partial charge on any atom is 0.196 e. The molecule has 21 heavy (non-hydrogen) atoms. The van der Waals surface area contributed by atoms with Crippen LogP contribution in [0.15, 0.2) is 12.5 Å². The number of aromatic nitrogens is 4. The van der Waals surface area contributed by atoms with Gasteiger partial charge in [0.05, 0.1) is 24.6 Å². The fraction of sp³-hybridized carbons (Fsp3) is 0.583. The summed E-state index contributed by atoms with van der Waals surface area (Å²) in [6, 6.07) is 0. The number of halogens is 1. The van der Waals surface area contributed by atoms with Crippen LogP contribution in [-0.4, -0.2) is 60.4 Å². The second-order valence-electron chi connectivity index (χ2n) is 5.35. The van der Waals surface area contributed by atoms with Gasteiger partial charge in [-0.1, -0.05) is 0 Å². The second kappa shape index (κ2) is 4.86. The Bertz CT molecular complexity index is 665. The van der Waals surface area contributed by atoms with Crippen LogP contribution in [0.5, 0.6) is 0 Å². The lowest BCUT2D eigenvalue weighted by Gasteiger charge is -2.24. The van der Waals surface area contributed by atoms with E-state index in [1.54, 1.807) is 0 Å². The van der Waals surface area contributed by atoms with E-state index in [9.17, 15) is 14.6 Å². The minimum absolute atomic E-state index is 0.144. The van der Waals surface area contributed by atoms with Gasteiger partial charge in [-0.25, -0.2) is 18.9 Å². The lowest BCUT2D eigenvalue weighted by molar-refractivity contribution is -0.0981. The Labute approximate surface area is 119 Å². The molecule has 0 aromatic carbocycles. The van der Waals surface area contributed by atoms with E-state index >= 15 is 0 Å². The molecule has 2 aromatic rings. The first-order valence-electron chi connectivity index (χ1n) is 6.50. The lowest BCUT2D eigenvalue weighted by Crippen LogP contribution is -2.42. The fourth-order valence-electron chi connectivity index (χ4n) is 2.53. The fourth-order valence-corrected chi connectivity index (χ4v) is 2.53. The molecule has 2 aromatic heterocycles. The summed E-state index contributed by atoms with van der Waals surface area (Å²) in [5, 5.41) is 23.1. The van der Waals surface area contributed by atoms with Crippen LogP contribution in [0.4, 0.5) is 10.2 Å². The minimum atomic E-state index is -1.60. The van der Waals surface area contributed by atoms with E-state index in [-0.39, 0.29) is 12.2 Å². The molecule has 4 N–H and O–H groups in total. The summed E-state index contributed by atoms with van der Waals surface area (Å²) < 4.78 is 21.1. The van der Waals surface area contributed by atoms with Crippen LogP contribution in [0.1, 0.15) is 12.6 Å². The van der Waals surface area contributed by atoms with Gasteiger partial charge in [0.25, 0.3) is 0 Å². The SMILES string of the molecule is C[C@]1(CO)O[C@@H](Cc2cnc3c(N)ncnn23)[C@H](F)[C@@H]1O. The van der Waals surface area contributed by atoms with E-state index in [1.165, 1.54) is 24.0 Å².